The average molecular weight is 662 g/mol. The van der Waals surface area contributed by atoms with Crippen LogP contribution in [0, 0.1) is 18.3 Å². The van der Waals surface area contributed by atoms with Crippen LogP contribution in [0.1, 0.15) is 57.6 Å². The molecule has 0 aliphatic heterocycles. The zero-order chi connectivity index (χ0) is 36.0. The first-order chi connectivity index (χ1) is 22.7. The van der Waals surface area contributed by atoms with Crippen molar-refractivity contribution in [3.8, 4) is 18.1 Å². The van der Waals surface area contributed by atoms with E-state index in [0.29, 0.717) is 18.6 Å². The van der Waals surface area contributed by atoms with Gasteiger partial charge < -0.3 is 30.5 Å². The van der Waals surface area contributed by atoms with E-state index < -0.39 is 47.8 Å². The lowest BCUT2D eigenvalue weighted by atomic mass is 9.98. The Kier molecular flexibility index (Phi) is 15.6. The molecule has 5 atom stereocenters. The van der Waals surface area contributed by atoms with Gasteiger partial charge in [-0.1, -0.05) is 55.8 Å². The van der Waals surface area contributed by atoms with E-state index >= 15 is 0 Å². The van der Waals surface area contributed by atoms with E-state index in [1.165, 1.54) is 35.7 Å². The van der Waals surface area contributed by atoms with Gasteiger partial charge in [-0.25, -0.2) is 0 Å². The summed E-state index contributed by atoms with van der Waals surface area (Å²) >= 11 is 0. The minimum atomic E-state index is -1.02. The summed E-state index contributed by atoms with van der Waals surface area (Å²) in [6.07, 6.45) is 8.67. The van der Waals surface area contributed by atoms with Gasteiger partial charge in [-0.3, -0.25) is 24.0 Å². The molecule has 0 aliphatic carbocycles. The first-order valence-corrected chi connectivity index (χ1v) is 16.2. The second-order valence-electron chi connectivity index (χ2n) is 12.3. The largest absolute Gasteiger partial charge is 0.497 e. The van der Waals surface area contributed by atoms with Gasteiger partial charge >= 0.3 is 0 Å². The number of ether oxygens (including phenoxy) is 1. The van der Waals surface area contributed by atoms with Crippen LogP contribution >= 0.6 is 0 Å². The van der Waals surface area contributed by atoms with E-state index in [9.17, 15) is 24.0 Å². The lowest BCUT2D eigenvalue weighted by Gasteiger charge is -2.34. The van der Waals surface area contributed by atoms with Gasteiger partial charge in [0.05, 0.1) is 7.11 Å². The molecule has 5 amide bonds. The molecule has 0 radical (unpaired) electrons. The highest BCUT2D eigenvalue weighted by atomic mass is 16.5. The Morgan fingerprint density at radius 2 is 1.35 bits per heavy atom. The van der Waals surface area contributed by atoms with Crippen LogP contribution in [0.25, 0.3) is 0 Å². The topological polar surface area (TPSA) is 142 Å². The maximum Gasteiger partial charge on any atom is 0.245 e. The number of unbranched alkanes of at least 4 members (excludes halogenated alkanes) is 2. The molecule has 260 valence electrons. The number of benzene rings is 2. The number of hydrogen-bond acceptors (Lipinski definition) is 6. The Balaban J connectivity index is 2.15. The van der Waals surface area contributed by atoms with Gasteiger partial charge in [0.15, 0.2) is 0 Å². The van der Waals surface area contributed by atoms with E-state index in [-0.39, 0.29) is 24.7 Å². The minimum Gasteiger partial charge on any atom is -0.497 e. The molecule has 0 saturated carbocycles. The molecule has 0 spiro atoms. The first kappa shape index (κ1) is 39.3. The third-order valence-electron chi connectivity index (χ3n) is 8.77. The smallest absolute Gasteiger partial charge is 0.245 e. The highest BCUT2D eigenvalue weighted by Gasteiger charge is 2.35. The van der Waals surface area contributed by atoms with Crippen molar-refractivity contribution in [2.24, 2.45) is 11.7 Å². The Morgan fingerprint density at radius 3 is 1.92 bits per heavy atom. The van der Waals surface area contributed by atoms with Crippen LogP contribution in [-0.2, 0) is 36.8 Å². The Labute approximate surface area is 285 Å². The second kappa shape index (κ2) is 19.1. The van der Waals surface area contributed by atoms with Gasteiger partial charge in [0.1, 0.15) is 29.9 Å². The van der Waals surface area contributed by atoms with Crippen LogP contribution in [0.2, 0.25) is 0 Å². The van der Waals surface area contributed by atoms with Gasteiger partial charge in [-0.2, -0.15) is 0 Å². The standard InChI is InChI=1S/C37H51N5O6/c1-9-10-11-13-16-25(2)35(45)42(7)32(24-28-17-14-12-15-18-28)34(44)39-26(3)36(46)40(5)27(4)37(47)41(6)31(33(38)43)23-29-19-21-30(48-8)22-20-29/h1,12,14-15,17-22,25-27,31-32H,10-11,13,16,23-24H2,2-8H3,(H2,38,43)(H,39,44)/t25-,26-,27-,31-,32-/m0/s1. The molecule has 0 saturated heterocycles. The molecule has 48 heavy (non-hydrogen) atoms. The zero-order valence-corrected chi connectivity index (χ0v) is 29.3. The molecular weight excluding hydrogens is 610 g/mol. The van der Waals surface area contributed by atoms with Gasteiger partial charge in [0.2, 0.25) is 29.5 Å². The zero-order valence-electron chi connectivity index (χ0n) is 29.3. The molecule has 2 aromatic rings. The summed E-state index contributed by atoms with van der Waals surface area (Å²) in [4.78, 5) is 70.4. The van der Waals surface area contributed by atoms with Crippen molar-refractivity contribution >= 4 is 29.5 Å². The van der Waals surface area contributed by atoms with E-state index in [1.54, 1.807) is 45.3 Å². The number of terminal acetylenes is 1. The summed E-state index contributed by atoms with van der Waals surface area (Å²) < 4.78 is 5.18. The number of carbonyl (C=O) groups excluding carboxylic acids is 5. The molecule has 2 rings (SSSR count). The van der Waals surface area contributed by atoms with Crippen LogP contribution in [0.15, 0.2) is 54.6 Å². The molecule has 2 aromatic carbocycles. The number of primary amides is 1. The van der Waals surface area contributed by atoms with Crippen LogP contribution < -0.4 is 15.8 Å². The quantitative estimate of drug-likeness (QED) is 0.186. The lowest BCUT2D eigenvalue weighted by Crippen LogP contribution is -2.58. The van der Waals surface area contributed by atoms with Crippen molar-refractivity contribution in [3.05, 3.63) is 65.7 Å². The van der Waals surface area contributed by atoms with Crippen LogP contribution in [0.4, 0.5) is 0 Å². The van der Waals surface area contributed by atoms with E-state index in [4.69, 9.17) is 16.9 Å². The highest BCUT2D eigenvalue weighted by molar-refractivity contribution is 5.95. The molecule has 0 bridgehead atoms. The average Bonchev–Trinajstić information content (AvgIpc) is 3.09. The predicted octanol–water partition coefficient (Wildman–Crippen LogP) is 2.80. The fourth-order valence-electron chi connectivity index (χ4n) is 5.44. The third-order valence-corrected chi connectivity index (χ3v) is 8.77. The predicted molar refractivity (Wildman–Crippen MR) is 185 cm³/mol. The van der Waals surface area contributed by atoms with Crippen molar-refractivity contribution in [2.75, 3.05) is 28.3 Å². The number of nitrogens with one attached hydrogen (secondary N) is 1. The number of amides is 5. The van der Waals surface area contributed by atoms with Crippen molar-refractivity contribution in [2.45, 2.75) is 83.5 Å². The summed E-state index contributed by atoms with van der Waals surface area (Å²) in [5.74, 6) is 0.574. The van der Waals surface area contributed by atoms with Crippen LogP contribution in [0.5, 0.6) is 5.75 Å². The Morgan fingerprint density at radius 1 is 0.792 bits per heavy atom. The van der Waals surface area contributed by atoms with Crippen molar-refractivity contribution in [1.82, 2.24) is 20.0 Å². The van der Waals surface area contributed by atoms with Crippen LogP contribution in [0.3, 0.4) is 0 Å². The summed E-state index contributed by atoms with van der Waals surface area (Å²) in [5, 5.41) is 2.77. The number of nitrogens with zero attached hydrogens (tertiary/aromatic N) is 3. The number of likely N-dealkylation sites (N-methyl/N-ethyl adjacent to an activating group) is 3. The van der Waals surface area contributed by atoms with Gasteiger partial charge in [0.25, 0.3) is 0 Å². The number of methoxy groups -OCH3 is 1. The van der Waals surface area contributed by atoms with Gasteiger partial charge in [-0.05, 0) is 49.9 Å². The van der Waals surface area contributed by atoms with E-state index in [2.05, 4.69) is 11.2 Å². The fraction of sp³-hybridized carbons (Fsp3) is 0.486. The maximum absolute atomic E-state index is 13.7. The van der Waals surface area contributed by atoms with E-state index in [0.717, 1.165) is 24.0 Å². The summed E-state index contributed by atoms with van der Waals surface area (Å²) in [7, 11) is 6.08. The number of nitrogens with two attached hydrogens (primary N) is 1. The third kappa shape index (κ3) is 11.1. The van der Waals surface area contributed by atoms with E-state index in [1.807, 2.05) is 37.3 Å². The highest BCUT2D eigenvalue weighted by Crippen LogP contribution is 2.18. The monoisotopic (exact) mass is 661 g/mol. The molecule has 11 heteroatoms. The number of rotatable bonds is 18. The summed E-state index contributed by atoms with van der Waals surface area (Å²) in [6.45, 7) is 4.91. The summed E-state index contributed by atoms with van der Waals surface area (Å²) in [5.41, 5.74) is 7.32. The Bertz CT molecular complexity index is 1420. The summed E-state index contributed by atoms with van der Waals surface area (Å²) in [6, 6.07) is 12.6. The van der Waals surface area contributed by atoms with Gasteiger partial charge in [-0.15, -0.1) is 12.3 Å². The van der Waals surface area contributed by atoms with Crippen molar-refractivity contribution in [1.29, 1.82) is 0 Å². The van der Waals surface area contributed by atoms with Crippen molar-refractivity contribution < 1.29 is 28.7 Å². The molecule has 11 nitrogen and oxygen atoms in total. The number of carbonyl (C=O) groups is 5. The van der Waals surface area contributed by atoms with Crippen molar-refractivity contribution in [3.63, 3.8) is 0 Å². The Hall–Kier alpha value is -4.85. The molecule has 0 aliphatic rings. The fourth-order valence-corrected chi connectivity index (χ4v) is 5.44. The maximum atomic E-state index is 13.7. The second-order valence-corrected chi connectivity index (χ2v) is 12.3. The first-order valence-electron chi connectivity index (χ1n) is 16.2. The molecule has 0 heterocycles. The van der Waals surface area contributed by atoms with Gasteiger partial charge in [0, 0.05) is 46.3 Å². The SMILES string of the molecule is C#CCCCC[C@H](C)C(=O)N(C)[C@@H](Cc1ccccc1)C(=O)N[C@@H](C)C(=O)N(C)[C@@H](C)C(=O)N(C)[C@@H](Cc1ccc(OC)cc1)C(N)=O. The molecule has 3 N–H and O–H groups in total. The minimum absolute atomic E-state index is 0.177. The molecular formula is C37H51N5O6. The molecule has 0 aromatic heterocycles. The lowest BCUT2D eigenvalue weighted by molar-refractivity contribution is -0.148. The molecule has 0 unspecified atom stereocenters. The normalized spacial score (nSPS) is 13.9. The molecule has 0 fully saturated rings. The number of hydrogen-bond donors (Lipinski definition) is 2. The van der Waals surface area contributed by atoms with Crippen LogP contribution in [-0.4, -0.2) is 96.7 Å².